The summed E-state index contributed by atoms with van der Waals surface area (Å²) in [4.78, 5) is 5.50. The van der Waals surface area contributed by atoms with Crippen LogP contribution in [0.3, 0.4) is 0 Å². The Kier molecular flexibility index (Phi) is 5.00. The van der Waals surface area contributed by atoms with Gasteiger partial charge >= 0.3 is 0 Å². The number of nitrogens with one attached hydrogen (secondary N) is 3. The van der Waals surface area contributed by atoms with Crippen molar-refractivity contribution in [2.24, 2.45) is 0 Å². The highest BCUT2D eigenvalue weighted by Gasteiger charge is 2.26. The SMILES string of the molecule is Cc1ccc(-c2ccc(S(=O)(=O)NC(C)(C)C)s2)nc1Nc1cc(C2CC2)[nH]n1.[HH].[HH].[HH]. The van der Waals surface area contributed by atoms with Crippen molar-refractivity contribution in [1.29, 1.82) is 0 Å². The van der Waals surface area contributed by atoms with E-state index in [9.17, 15) is 8.42 Å². The van der Waals surface area contributed by atoms with E-state index in [0.717, 1.165) is 27.6 Å². The number of anilines is 2. The van der Waals surface area contributed by atoms with Crippen molar-refractivity contribution in [1.82, 2.24) is 19.9 Å². The van der Waals surface area contributed by atoms with Crippen LogP contribution in [0.4, 0.5) is 11.6 Å². The van der Waals surface area contributed by atoms with Gasteiger partial charge in [-0.3, -0.25) is 5.10 Å². The monoisotopic (exact) mass is 437 g/mol. The van der Waals surface area contributed by atoms with Crippen molar-refractivity contribution in [3.8, 4) is 10.6 Å². The molecule has 3 heterocycles. The third-order valence-electron chi connectivity index (χ3n) is 4.50. The van der Waals surface area contributed by atoms with Crippen LogP contribution in [0, 0.1) is 6.92 Å². The number of H-pyrrole nitrogens is 1. The topological polar surface area (TPSA) is 99.8 Å². The first-order chi connectivity index (χ1) is 13.6. The normalized spacial score (nSPS) is 14.9. The van der Waals surface area contributed by atoms with Gasteiger partial charge in [0.15, 0.2) is 5.82 Å². The second-order valence-electron chi connectivity index (χ2n) is 8.44. The first kappa shape index (κ1) is 20.1. The van der Waals surface area contributed by atoms with Gasteiger partial charge in [-0.1, -0.05) is 6.07 Å². The average Bonchev–Trinajstić information content (AvgIpc) is 3.15. The Bertz CT molecular complexity index is 1150. The standard InChI is InChI=1S/C20H25N5O2S2.3H2/c1-12-5-8-14(16-9-10-18(28-16)29(26,27)25-20(2,3)4)21-19(12)22-17-11-15(23-24-17)13-6-7-13;;;/h5,8-11,13,25H,6-7H2,1-4H3,(H2,21,22,23,24);3*1H. The van der Waals surface area contributed by atoms with Crippen LogP contribution in [0.2, 0.25) is 0 Å². The van der Waals surface area contributed by atoms with Gasteiger partial charge in [-0.15, -0.1) is 11.3 Å². The van der Waals surface area contributed by atoms with E-state index in [-0.39, 0.29) is 8.49 Å². The summed E-state index contributed by atoms with van der Waals surface area (Å²) in [5.41, 5.74) is 2.33. The van der Waals surface area contributed by atoms with Crippen molar-refractivity contribution in [2.45, 2.75) is 56.2 Å². The van der Waals surface area contributed by atoms with Crippen LogP contribution in [0.25, 0.3) is 10.6 Å². The van der Waals surface area contributed by atoms with Gasteiger partial charge in [0.1, 0.15) is 10.0 Å². The van der Waals surface area contributed by atoms with Crippen LogP contribution in [0.15, 0.2) is 34.5 Å². The second-order valence-corrected chi connectivity index (χ2v) is 11.4. The molecule has 0 unspecified atom stereocenters. The van der Waals surface area contributed by atoms with E-state index in [1.54, 1.807) is 12.1 Å². The maximum Gasteiger partial charge on any atom is 0.250 e. The summed E-state index contributed by atoms with van der Waals surface area (Å²) in [6.07, 6.45) is 2.42. The van der Waals surface area contributed by atoms with Gasteiger partial charge in [-0.25, -0.2) is 18.1 Å². The lowest BCUT2D eigenvalue weighted by Crippen LogP contribution is -2.40. The fraction of sp³-hybridized carbons (Fsp3) is 0.400. The maximum absolute atomic E-state index is 12.6. The molecule has 0 bridgehead atoms. The summed E-state index contributed by atoms with van der Waals surface area (Å²) in [6.45, 7) is 7.44. The van der Waals surface area contributed by atoms with E-state index in [4.69, 9.17) is 4.98 Å². The van der Waals surface area contributed by atoms with E-state index >= 15 is 0 Å². The van der Waals surface area contributed by atoms with Crippen LogP contribution >= 0.6 is 11.3 Å². The number of aromatic amines is 1. The molecule has 1 aliphatic rings. The third-order valence-corrected chi connectivity index (χ3v) is 7.86. The molecule has 7 nitrogen and oxygen atoms in total. The molecule has 9 heteroatoms. The molecule has 4 rings (SSSR count). The van der Waals surface area contributed by atoms with Crippen LogP contribution in [0.1, 0.15) is 55.1 Å². The van der Waals surface area contributed by atoms with Crippen LogP contribution in [-0.2, 0) is 10.0 Å². The molecule has 0 radical (unpaired) electrons. The van der Waals surface area contributed by atoms with Crippen LogP contribution in [0.5, 0.6) is 0 Å². The summed E-state index contributed by atoms with van der Waals surface area (Å²) in [6, 6.07) is 9.32. The molecule has 1 fully saturated rings. The minimum Gasteiger partial charge on any atom is -0.323 e. The lowest BCUT2D eigenvalue weighted by atomic mass is 10.1. The molecule has 0 amide bonds. The van der Waals surface area contributed by atoms with Crippen molar-refractivity contribution in [2.75, 3.05) is 5.32 Å². The molecule has 0 spiro atoms. The zero-order chi connectivity index (χ0) is 20.8. The zero-order valence-electron chi connectivity index (χ0n) is 16.9. The van der Waals surface area contributed by atoms with Crippen molar-refractivity contribution >= 4 is 33.0 Å². The van der Waals surface area contributed by atoms with Crippen molar-refractivity contribution < 1.29 is 12.7 Å². The summed E-state index contributed by atoms with van der Waals surface area (Å²) in [5, 5.41) is 10.7. The number of sulfonamides is 1. The van der Waals surface area contributed by atoms with Gasteiger partial charge < -0.3 is 5.32 Å². The van der Waals surface area contributed by atoms with Gasteiger partial charge in [0.05, 0.1) is 10.6 Å². The molecule has 0 aromatic carbocycles. The highest BCUT2D eigenvalue weighted by atomic mass is 32.2. The van der Waals surface area contributed by atoms with E-state index in [1.165, 1.54) is 24.2 Å². The van der Waals surface area contributed by atoms with Crippen molar-refractivity contribution in [3.63, 3.8) is 0 Å². The Balaban J connectivity index is 0.00000171. The van der Waals surface area contributed by atoms with Crippen molar-refractivity contribution in [3.05, 3.63) is 41.6 Å². The largest absolute Gasteiger partial charge is 0.323 e. The number of hydrogen-bond donors (Lipinski definition) is 3. The molecule has 1 saturated carbocycles. The highest BCUT2D eigenvalue weighted by molar-refractivity contribution is 7.91. The number of hydrogen-bond acceptors (Lipinski definition) is 6. The number of thiophene rings is 1. The summed E-state index contributed by atoms with van der Waals surface area (Å²) in [5.74, 6) is 2.05. The molecule has 1 aliphatic carbocycles. The molecular formula is C20H31N5O2S2. The average molecular weight is 438 g/mol. The molecular weight excluding hydrogens is 406 g/mol. The Morgan fingerprint density at radius 1 is 1.21 bits per heavy atom. The molecule has 0 saturated heterocycles. The van der Waals surface area contributed by atoms with Gasteiger partial charge in [-0.2, -0.15) is 5.10 Å². The number of aromatic nitrogens is 3. The number of pyridine rings is 1. The molecule has 3 aromatic rings. The van der Waals surface area contributed by atoms with E-state index in [0.29, 0.717) is 11.7 Å². The lowest BCUT2D eigenvalue weighted by Gasteiger charge is -2.19. The number of rotatable bonds is 6. The Morgan fingerprint density at radius 2 is 1.97 bits per heavy atom. The van der Waals surface area contributed by atoms with Crippen LogP contribution in [-0.4, -0.2) is 29.1 Å². The van der Waals surface area contributed by atoms with Gasteiger partial charge in [0.2, 0.25) is 0 Å². The van der Waals surface area contributed by atoms with E-state index in [1.807, 2.05) is 45.9 Å². The first-order valence-electron chi connectivity index (χ1n) is 9.55. The molecule has 3 N–H and O–H groups in total. The predicted octanol–water partition coefficient (Wildman–Crippen LogP) is 5.28. The molecule has 29 heavy (non-hydrogen) atoms. The summed E-state index contributed by atoms with van der Waals surface area (Å²) >= 11 is 1.21. The highest BCUT2D eigenvalue weighted by Crippen LogP contribution is 2.40. The molecule has 3 aromatic heterocycles. The summed E-state index contributed by atoms with van der Waals surface area (Å²) < 4.78 is 28.1. The Hall–Kier alpha value is -2.23. The minimum atomic E-state index is -3.56. The van der Waals surface area contributed by atoms with Gasteiger partial charge in [0, 0.05) is 27.5 Å². The second kappa shape index (κ2) is 7.23. The molecule has 0 aliphatic heterocycles. The van der Waals surface area contributed by atoms with Gasteiger partial charge in [-0.05, 0) is 64.3 Å². The number of aryl methyl sites for hydroxylation is 1. The minimum absolute atomic E-state index is 0. The zero-order valence-corrected chi connectivity index (χ0v) is 18.5. The van der Waals surface area contributed by atoms with E-state index < -0.39 is 15.6 Å². The summed E-state index contributed by atoms with van der Waals surface area (Å²) in [7, 11) is -3.56. The third kappa shape index (κ3) is 4.68. The van der Waals surface area contributed by atoms with Crippen LogP contribution < -0.4 is 10.0 Å². The van der Waals surface area contributed by atoms with E-state index in [2.05, 4.69) is 20.2 Å². The quantitative estimate of drug-likeness (QED) is 0.487. The first-order valence-corrected chi connectivity index (χ1v) is 11.8. The Labute approximate surface area is 179 Å². The fourth-order valence-corrected chi connectivity index (χ4v) is 5.67. The number of nitrogens with zero attached hydrogens (tertiary/aromatic N) is 2. The Morgan fingerprint density at radius 3 is 2.66 bits per heavy atom. The maximum atomic E-state index is 12.6. The van der Waals surface area contributed by atoms with Gasteiger partial charge in [0.25, 0.3) is 10.0 Å². The smallest absolute Gasteiger partial charge is 0.250 e. The lowest BCUT2D eigenvalue weighted by molar-refractivity contribution is 0.492. The fourth-order valence-electron chi connectivity index (χ4n) is 2.97. The predicted molar refractivity (Wildman–Crippen MR) is 123 cm³/mol. The molecule has 160 valence electrons. The molecule has 0 atom stereocenters.